The number of fused-ring (bicyclic) bond motifs is 3. The van der Waals surface area contributed by atoms with Gasteiger partial charge in [0.15, 0.2) is 0 Å². The Labute approximate surface area is 212 Å². The van der Waals surface area contributed by atoms with Crippen LogP contribution in [0.3, 0.4) is 0 Å². The lowest BCUT2D eigenvalue weighted by atomic mass is 9.57. The number of hydrogen-bond acceptors (Lipinski definition) is 4. The van der Waals surface area contributed by atoms with Gasteiger partial charge in [0.05, 0.1) is 24.0 Å². The Morgan fingerprint density at radius 3 is 2.86 bits per heavy atom. The van der Waals surface area contributed by atoms with Crippen molar-refractivity contribution in [2.24, 2.45) is 11.3 Å². The van der Waals surface area contributed by atoms with Crippen molar-refractivity contribution in [1.82, 2.24) is 0 Å². The fourth-order valence-electron chi connectivity index (χ4n) is 6.48. The Morgan fingerprint density at radius 2 is 2.14 bits per heavy atom. The van der Waals surface area contributed by atoms with Crippen LogP contribution >= 0.6 is 11.6 Å². The number of aryl methyl sites for hydroxylation is 1. The Bertz CT molecular complexity index is 1150. The van der Waals surface area contributed by atoms with E-state index in [9.17, 15) is 15.0 Å². The highest BCUT2D eigenvalue weighted by atomic mass is 35.5. The summed E-state index contributed by atoms with van der Waals surface area (Å²) in [6, 6.07) is 11.4. The first-order valence-corrected chi connectivity index (χ1v) is 13.0. The van der Waals surface area contributed by atoms with Gasteiger partial charge in [-0.05, 0) is 91.3 Å². The van der Waals surface area contributed by atoms with E-state index < -0.39 is 12.1 Å². The first-order chi connectivity index (χ1) is 16.8. The van der Waals surface area contributed by atoms with E-state index in [2.05, 4.69) is 30.5 Å². The van der Waals surface area contributed by atoms with Crippen molar-refractivity contribution in [3.05, 3.63) is 70.8 Å². The molecule has 1 aliphatic heterocycles. The molecule has 1 saturated carbocycles. The Kier molecular flexibility index (Phi) is 6.35. The van der Waals surface area contributed by atoms with Crippen LogP contribution in [0.5, 0.6) is 5.75 Å². The second-order valence-electron chi connectivity index (χ2n) is 10.9. The normalized spacial score (nSPS) is 28.2. The molecular weight excluding hydrogens is 462 g/mol. The minimum atomic E-state index is -0.945. The lowest BCUT2D eigenvalue weighted by Gasteiger charge is -2.52. The second kappa shape index (κ2) is 9.18. The molecule has 5 rings (SSSR count). The Morgan fingerprint density at radius 1 is 1.31 bits per heavy atom. The van der Waals surface area contributed by atoms with Crippen LogP contribution in [0, 0.1) is 11.3 Å². The van der Waals surface area contributed by atoms with Gasteiger partial charge in [0.25, 0.3) is 0 Å². The van der Waals surface area contributed by atoms with Crippen LogP contribution in [-0.2, 0) is 11.8 Å². The number of aliphatic hydroxyl groups is 1. The van der Waals surface area contributed by atoms with Crippen molar-refractivity contribution >= 4 is 23.3 Å². The molecule has 1 fully saturated rings. The van der Waals surface area contributed by atoms with Crippen molar-refractivity contribution in [2.45, 2.75) is 57.0 Å². The maximum atomic E-state index is 11.8. The number of anilines is 1. The molecule has 2 N–H and O–H groups in total. The standard InChI is InChI=1S/C29H34ClNO4/c1-3-5-26(32)28(2)13-11-21(28)16-31-17-29(12-4-6-19-14-22(30)8-9-23(19)29)18-35-25-10-7-20(27(33)34)15-24(25)31/h3,7-10,14-15,21,26,32H,1,4-6,11-13,16-18H2,2H3,(H,33,34)/t21-,26+,28+,29?/m1/s1. The van der Waals surface area contributed by atoms with Gasteiger partial charge in [0.2, 0.25) is 0 Å². The minimum Gasteiger partial charge on any atom is -0.490 e. The summed E-state index contributed by atoms with van der Waals surface area (Å²) < 4.78 is 6.43. The molecule has 0 radical (unpaired) electrons. The van der Waals surface area contributed by atoms with Gasteiger partial charge in [-0.3, -0.25) is 0 Å². The molecule has 1 spiro atoms. The van der Waals surface area contributed by atoms with Crippen molar-refractivity contribution in [1.29, 1.82) is 0 Å². The predicted octanol–water partition coefficient (Wildman–Crippen LogP) is 5.86. The number of carboxylic acids is 1. The third-order valence-electron chi connectivity index (χ3n) is 8.84. The summed E-state index contributed by atoms with van der Waals surface area (Å²) in [4.78, 5) is 14.1. The highest BCUT2D eigenvalue weighted by Crippen LogP contribution is 2.52. The van der Waals surface area contributed by atoms with Gasteiger partial charge in [-0.25, -0.2) is 4.79 Å². The van der Waals surface area contributed by atoms with Crippen molar-refractivity contribution in [3.63, 3.8) is 0 Å². The van der Waals surface area contributed by atoms with Gasteiger partial charge in [-0.2, -0.15) is 0 Å². The molecule has 35 heavy (non-hydrogen) atoms. The van der Waals surface area contributed by atoms with Gasteiger partial charge in [0.1, 0.15) is 5.75 Å². The lowest BCUT2D eigenvalue weighted by molar-refractivity contribution is -0.0695. The molecule has 0 bridgehead atoms. The maximum absolute atomic E-state index is 11.8. The van der Waals surface area contributed by atoms with Crippen molar-refractivity contribution in [3.8, 4) is 5.75 Å². The molecule has 0 aromatic heterocycles. The van der Waals surface area contributed by atoms with E-state index in [1.807, 2.05) is 6.07 Å². The molecule has 6 heteroatoms. The average molecular weight is 496 g/mol. The number of carboxylic acid groups (broad SMARTS) is 1. The fourth-order valence-corrected chi connectivity index (χ4v) is 6.68. The lowest BCUT2D eigenvalue weighted by Crippen LogP contribution is -2.53. The van der Waals surface area contributed by atoms with E-state index in [4.69, 9.17) is 16.3 Å². The summed E-state index contributed by atoms with van der Waals surface area (Å²) in [6.07, 6.45) is 7.01. The van der Waals surface area contributed by atoms with Crippen LogP contribution < -0.4 is 9.64 Å². The summed E-state index contributed by atoms with van der Waals surface area (Å²) in [6.45, 7) is 8.01. The average Bonchev–Trinajstić information content (AvgIpc) is 2.98. The van der Waals surface area contributed by atoms with Crippen LogP contribution in [0.15, 0.2) is 49.1 Å². The summed E-state index contributed by atoms with van der Waals surface area (Å²) in [5.41, 5.74) is 3.26. The van der Waals surface area contributed by atoms with Gasteiger partial charge >= 0.3 is 5.97 Å². The highest BCUT2D eigenvalue weighted by Gasteiger charge is 2.49. The number of nitrogens with zero attached hydrogens (tertiary/aromatic N) is 1. The summed E-state index contributed by atoms with van der Waals surface area (Å²) in [5.74, 6) is 0.0714. The minimum absolute atomic E-state index is 0.183. The zero-order chi connectivity index (χ0) is 24.8. The number of aromatic carboxylic acids is 1. The molecule has 3 aliphatic rings. The molecule has 0 amide bonds. The van der Waals surface area contributed by atoms with E-state index in [0.29, 0.717) is 18.9 Å². The summed E-state index contributed by atoms with van der Waals surface area (Å²) >= 11 is 6.34. The van der Waals surface area contributed by atoms with Crippen LogP contribution in [0.4, 0.5) is 5.69 Å². The zero-order valence-electron chi connectivity index (χ0n) is 20.3. The maximum Gasteiger partial charge on any atom is 0.335 e. The second-order valence-corrected chi connectivity index (χ2v) is 11.3. The van der Waals surface area contributed by atoms with E-state index in [-0.39, 0.29) is 16.4 Å². The Hall–Kier alpha value is -2.50. The molecule has 2 aromatic carbocycles. The van der Waals surface area contributed by atoms with Gasteiger partial charge in [-0.15, -0.1) is 6.58 Å². The summed E-state index contributed by atoms with van der Waals surface area (Å²) in [7, 11) is 0. The fraction of sp³-hybridized carbons (Fsp3) is 0.483. The van der Waals surface area contributed by atoms with E-state index in [1.165, 1.54) is 11.1 Å². The quantitative estimate of drug-likeness (QED) is 0.491. The van der Waals surface area contributed by atoms with Crippen LogP contribution in [0.25, 0.3) is 0 Å². The summed E-state index contributed by atoms with van der Waals surface area (Å²) in [5, 5.41) is 21.3. The monoisotopic (exact) mass is 495 g/mol. The number of halogens is 1. The highest BCUT2D eigenvalue weighted by molar-refractivity contribution is 6.30. The third kappa shape index (κ3) is 4.23. The van der Waals surface area contributed by atoms with E-state index in [0.717, 1.165) is 61.7 Å². The van der Waals surface area contributed by atoms with Crippen molar-refractivity contribution in [2.75, 3.05) is 24.6 Å². The van der Waals surface area contributed by atoms with Crippen LogP contribution in [0.1, 0.15) is 60.5 Å². The Balaban J connectivity index is 1.55. The predicted molar refractivity (Wildman–Crippen MR) is 139 cm³/mol. The van der Waals surface area contributed by atoms with Gasteiger partial charge in [-0.1, -0.05) is 30.7 Å². The molecule has 2 aliphatic carbocycles. The number of aliphatic hydroxyl groups excluding tert-OH is 1. The first kappa shape index (κ1) is 24.2. The number of benzene rings is 2. The smallest absolute Gasteiger partial charge is 0.335 e. The molecule has 4 atom stereocenters. The van der Waals surface area contributed by atoms with Gasteiger partial charge < -0.3 is 19.8 Å². The SMILES string of the molecule is C=CC[C@H](O)[C@@]1(C)CC[C@@H]1CN1CC2(CCCc3cc(Cl)ccc32)COc2ccc(C(=O)O)cc21. The number of hydrogen-bond donors (Lipinski definition) is 2. The van der Waals surface area contributed by atoms with E-state index in [1.54, 1.807) is 24.3 Å². The topological polar surface area (TPSA) is 70.0 Å². The molecule has 2 aromatic rings. The molecule has 1 unspecified atom stereocenters. The van der Waals surface area contributed by atoms with Gasteiger partial charge in [0, 0.05) is 23.5 Å². The third-order valence-corrected chi connectivity index (χ3v) is 9.08. The number of ether oxygens (including phenoxy) is 1. The molecule has 5 nitrogen and oxygen atoms in total. The first-order valence-electron chi connectivity index (χ1n) is 12.6. The van der Waals surface area contributed by atoms with Crippen LogP contribution in [-0.4, -0.2) is 42.0 Å². The molecular formula is C29H34ClNO4. The van der Waals surface area contributed by atoms with Crippen molar-refractivity contribution < 1.29 is 19.7 Å². The van der Waals surface area contributed by atoms with E-state index >= 15 is 0 Å². The molecule has 1 heterocycles. The largest absolute Gasteiger partial charge is 0.490 e. The van der Waals surface area contributed by atoms with Crippen LogP contribution in [0.2, 0.25) is 5.02 Å². The number of carbonyl (C=O) groups is 1. The number of rotatable bonds is 6. The molecule has 186 valence electrons. The molecule has 0 saturated heterocycles. The zero-order valence-corrected chi connectivity index (χ0v) is 21.1.